The molecule has 0 radical (unpaired) electrons. The summed E-state index contributed by atoms with van der Waals surface area (Å²) in [6.45, 7) is 4.44. The normalized spacial score (nSPS) is 14.3. The van der Waals surface area contributed by atoms with E-state index < -0.39 is 0 Å². The van der Waals surface area contributed by atoms with Crippen molar-refractivity contribution in [1.82, 2.24) is 5.32 Å². The van der Waals surface area contributed by atoms with Crippen molar-refractivity contribution in [2.75, 3.05) is 14.2 Å². The zero-order chi connectivity index (χ0) is 13.5. The second kappa shape index (κ2) is 7.37. The lowest BCUT2D eigenvalue weighted by atomic mass is 9.93. The van der Waals surface area contributed by atoms with E-state index in [0.29, 0.717) is 11.7 Å². The summed E-state index contributed by atoms with van der Waals surface area (Å²) in [6, 6.07) is 5.40. The molecule has 2 atom stereocenters. The van der Waals surface area contributed by atoms with Crippen LogP contribution in [0.3, 0.4) is 0 Å². The number of hydrogen-bond donors (Lipinski definition) is 1. The number of hydrogen-bond acceptors (Lipinski definition) is 2. The summed E-state index contributed by atoms with van der Waals surface area (Å²) in [5.41, 5.74) is 0.985. The van der Waals surface area contributed by atoms with Gasteiger partial charge in [0.2, 0.25) is 0 Å². The van der Waals surface area contributed by atoms with E-state index in [-0.39, 0.29) is 11.9 Å². The number of halogens is 1. The van der Waals surface area contributed by atoms with E-state index in [9.17, 15) is 4.39 Å². The molecule has 1 aromatic carbocycles. The topological polar surface area (TPSA) is 21.3 Å². The van der Waals surface area contributed by atoms with Crippen LogP contribution in [-0.2, 0) is 0 Å². The summed E-state index contributed by atoms with van der Waals surface area (Å²) < 4.78 is 18.6. The van der Waals surface area contributed by atoms with Crippen molar-refractivity contribution in [3.05, 3.63) is 29.6 Å². The van der Waals surface area contributed by atoms with Gasteiger partial charge < -0.3 is 10.1 Å². The molecule has 0 spiro atoms. The van der Waals surface area contributed by atoms with Crippen LogP contribution in [-0.4, -0.2) is 14.2 Å². The molecule has 0 amide bonds. The molecular weight excluding hydrogens is 229 g/mol. The standard InChI is InChI=1S/C15H24FNO/c1-5-6-11(2)9-14(17-3)12-7-8-15(18-4)13(16)10-12/h7-8,10-11,14,17H,5-6,9H2,1-4H3. The Morgan fingerprint density at radius 2 is 2.11 bits per heavy atom. The molecule has 0 saturated carbocycles. The zero-order valence-corrected chi connectivity index (χ0v) is 11.8. The lowest BCUT2D eigenvalue weighted by Crippen LogP contribution is -2.19. The first-order valence-electron chi connectivity index (χ1n) is 6.63. The molecule has 0 bridgehead atoms. The van der Waals surface area contributed by atoms with Gasteiger partial charge in [-0.2, -0.15) is 0 Å². The SMILES string of the molecule is CCCC(C)CC(NC)c1ccc(OC)c(F)c1. The van der Waals surface area contributed by atoms with Gasteiger partial charge in [0.05, 0.1) is 7.11 Å². The molecule has 102 valence electrons. The molecule has 0 aromatic heterocycles. The monoisotopic (exact) mass is 253 g/mol. The molecule has 2 nitrogen and oxygen atoms in total. The van der Waals surface area contributed by atoms with Gasteiger partial charge in [-0.25, -0.2) is 4.39 Å². The summed E-state index contributed by atoms with van der Waals surface area (Å²) in [5.74, 6) is 0.645. The first-order valence-corrected chi connectivity index (χ1v) is 6.63. The number of rotatable bonds is 7. The minimum Gasteiger partial charge on any atom is -0.494 e. The van der Waals surface area contributed by atoms with Crippen LogP contribution in [0.5, 0.6) is 5.75 Å². The lowest BCUT2D eigenvalue weighted by Gasteiger charge is -2.21. The highest BCUT2D eigenvalue weighted by molar-refractivity contribution is 5.31. The van der Waals surface area contributed by atoms with Crippen molar-refractivity contribution in [3.8, 4) is 5.75 Å². The summed E-state index contributed by atoms with van der Waals surface area (Å²) in [6.07, 6.45) is 3.42. The maximum Gasteiger partial charge on any atom is 0.165 e. The maximum absolute atomic E-state index is 13.7. The Morgan fingerprint density at radius 3 is 2.61 bits per heavy atom. The lowest BCUT2D eigenvalue weighted by molar-refractivity contribution is 0.382. The Morgan fingerprint density at radius 1 is 1.39 bits per heavy atom. The van der Waals surface area contributed by atoms with Crippen molar-refractivity contribution >= 4 is 0 Å². The van der Waals surface area contributed by atoms with Crippen LogP contribution in [0.25, 0.3) is 0 Å². The molecule has 0 heterocycles. The van der Waals surface area contributed by atoms with Crippen LogP contribution >= 0.6 is 0 Å². The smallest absolute Gasteiger partial charge is 0.165 e. The zero-order valence-electron chi connectivity index (χ0n) is 11.8. The molecule has 1 aromatic rings. The van der Waals surface area contributed by atoms with E-state index in [1.54, 1.807) is 12.1 Å². The summed E-state index contributed by atoms with van der Waals surface area (Å²) in [5, 5.41) is 3.26. The van der Waals surface area contributed by atoms with Gasteiger partial charge in [-0.1, -0.05) is 32.8 Å². The first-order chi connectivity index (χ1) is 8.62. The van der Waals surface area contributed by atoms with Crippen molar-refractivity contribution in [1.29, 1.82) is 0 Å². The highest BCUT2D eigenvalue weighted by Gasteiger charge is 2.15. The van der Waals surface area contributed by atoms with Crippen LogP contribution in [0.4, 0.5) is 4.39 Å². The molecule has 2 unspecified atom stereocenters. The Kier molecular flexibility index (Phi) is 6.13. The largest absolute Gasteiger partial charge is 0.494 e. The second-order valence-electron chi connectivity index (χ2n) is 4.86. The Bertz CT molecular complexity index is 368. The van der Waals surface area contributed by atoms with E-state index in [4.69, 9.17) is 4.74 Å². The molecule has 18 heavy (non-hydrogen) atoms. The highest BCUT2D eigenvalue weighted by atomic mass is 19.1. The maximum atomic E-state index is 13.7. The fourth-order valence-electron chi connectivity index (χ4n) is 2.33. The highest BCUT2D eigenvalue weighted by Crippen LogP contribution is 2.27. The predicted molar refractivity (Wildman–Crippen MR) is 73.4 cm³/mol. The Balaban J connectivity index is 2.78. The van der Waals surface area contributed by atoms with Crippen molar-refractivity contribution in [2.24, 2.45) is 5.92 Å². The van der Waals surface area contributed by atoms with Gasteiger partial charge in [0.15, 0.2) is 11.6 Å². The second-order valence-corrected chi connectivity index (χ2v) is 4.86. The molecule has 0 fully saturated rings. The number of ether oxygens (including phenoxy) is 1. The van der Waals surface area contributed by atoms with E-state index in [0.717, 1.165) is 12.0 Å². The summed E-state index contributed by atoms with van der Waals surface area (Å²) in [7, 11) is 3.41. The Hall–Kier alpha value is -1.09. The van der Waals surface area contributed by atoms with E-state index in [1.807, 2.05) is 13.1 Å². The average molecular weight is 253 g/mol. The third kappa shape index (κ3) is 3.98. The molecule has 0 aliphatic rings. The van der Waals surface area contributed by atoms with Gasteiger partial charge in [-0.15, -0.1) is 0 Å². The number of nitrogens with one attached hydrogen (secondary N) is 1. The number of benzene rings is 1. The summed E-state index contributed by atoms with van der Waals surface area (Å²) in [4.78, 5) is 0. The van der Waals surface area contributed by atoms with Gasteiger partial charge >= 0.3 is 0 Å². The fourth-order valence-corrected chi connectivity index (χ4v) is 2.33. The van der Waals surface area contributed by atoms with Crippen LogP contribution in [0.15, 0.2) is 18.2 Å². The van der Waals surface area contributed by atoms with Gasteiger partial charge in [0.1, 0.15) is 0 Å². The van der Waals surface area contributed by atoms with E-state index >= 15 is 0 Å². The minimum atomic E-state index is -0.293. The van der Waals surface area contributed by atoms with Crippen LogP contribution in [0, 0.1) is 11.7 Å². The van der Waals surface area contributed by atoms with Crippen molar-refractivity contribution in [2.45, 2.75) is 39.2 Å². The molecule has 3 heteroatoms. The first kappa shape index (κ1) is 15.0. The van der Waals surface area contributed by atoms with Gasteiger partial charge in [-0.05, 0) is 37.1 Å². The Labute approximate surface area is 110 Å². The minimum absolute atomic E-state index is 0.201. The third-order valence-electron chi connectivity index (χ3n) is 3.35. The summed E-state index contributed by atoms with van der Waals surface area (Å²) >= 11 is 0. The molecule has 1 N–H and O–H groups in total. The predicted octanol–water partition coefficient (Wildman–Crippen LogP) is 3.92. The van der Waals surface area contributed by atoms with Crippen molar-refractivity contribution in [3.63, 3.8) is 0 Å². The molecule has 1 rings (SSSR count). The van der Waals surface area contributed by atoms with Crippen molar-refractivity contribution < 1.29 is 9.13 Å². The third-order valence-corrected chi connectivity index (χ3v) is 3.35. The van der Waals surface area contributed by atoms with E-state index in [1.165, 1.54) is 20.0 Å². The molecule has 0 aliphatic heterocycles. The van der Waals surface area contributed by atoms with Crippen LogP contribution in [0.1, 0.15) is 44.7 Å². The average Bonchev–Trinajstić information content (AvgIpc) is 2.36. The van der Waals surface area contributed by atoms with Gasteiger partial charge in [0, 0.05) is 6.04 Å². The van der Waals surface area contributed by atoms with Crippen LogP contribution in [0.2, 0.25) is 0 Å². The quantitative estimate of drug-likeness (QED) is 0.795. The number of methoxy groups -OCH3 is 1. The van der Waals surface area contributed by atoms with Gasteiger partial charge in [-0.3, -0.25) is 0 Å². The van der Waals surface area contributed by atoms with Gasteiger partial charge in [0.25, 0.3) is 0 Å². The molecule has 0 aliphatic carbocycles. The molecular formula is C15H24FNO. The van der Waals surface area contributed by atoms with E-state index in [2.05, 4.69) is 19.2 Å². The fraction of sp³-hybridized carbons (Fsp3) is 0.600. The van der Waals surface area contributed by atoms with Crippen LogP contribution < -0.4 is 10.1 Å². The molecule has 0 saturated heterocycles.